The molecule has 0 saturated carbocycles. The van der Waals surface area contributed by atoms with Gasteiger partial charge in [0.05, 0.1) is 17.5 Å². The van der Waals surface area contributed by atoms with Crippen molar-refractivity contribution in [2.45, 2.75) is 75.1 Å². The van der Waals surface area contributed by atoms with Gasteiger partial charge in [-0.2, -0.15) is 22.6 Å². The van der Waals surface area contributed by atoms with Gasteiger partial charge in [-0.15, -0.1) is 11.8 Å². The molecule has 10 nitrogen and oxygen atoms in total. The Bertz CT molecular complexity index is 1440. The summed E-state index contributed by atoms with van der Waals surface area (Å²) in [5, 5.41) is 17.4. The average molecular weight is 673 g/mol. The zero-order valence-corrected chi connectivity index (χ0v) is 27.3. The number of halogens is 3. The largest absolute Gasteiger partial charge is 0.465 e. The quantitative estimate of drug-likeness (QED) is 0.264. The lowest BCUT2D eigenvalue weighted by molar-refractivity contribution is -0.139. The van der Waals surface area contributed by atoms with Crippen molar-refractivity contribution in [1.82, 2.24) is 29.2 Å². The first-order chi connectivity index (χ1) is 21.4. The number of amides is 1. The molecule has 3 aliphatic heterocycles. The summed E-state index contributed by atoms with van der Waals surface area (Å²) in [6.07, 6.45) is 2.11. The lowest BCUT2D eigenvalue weighted by atomic mass is 10.0. The van der Waals surface area contributed by atoms with E-state index in [2.05, 4.69) is 10.2 Å². The van der Waals surface area contributed by atoms with Crippen LogP contribution in [0.3, 0.4) is 0 Å². The van der Waals surface area contributed by atoms with Crippen molar-refractivity contribution in [2.75, 3.05) is 57.8 Å². The van der Waals surface area contributed by atoms with Crippen LogP contribution in [0.2, 0.25) is 0 Å². The summed E-state index contributed by atoms with van der Waals surface area (Å²) in [6, 6.07) is 4.21. The minimum Gasteiger partial charge on any atom is -0.465 e. The van der Waals surface area contributed by atoms with Crippen LogP contribution in [0, 0.1) is 0 Å². The van der Waals surface area contributed by atoms with Gasteiger partial charge >= 0.3 is 12.3 Å². The SMILES string of the molecule is CS(=O)(=O)N1CCc2c(c(-c3ccc(C(F)(F)F)c(SCCNC4CCN(C(=O)O)CC4)c3)nn2CCCN2CCCCC2)C1. The number of sulfonamides is 1. The molecule has 0 atom stereocenters. The molecule has 0 unspecified atom stereocenters. The van der Waals surface area contributed by atoms with E-state index in [4.69, 9.17) is 10.2 Å². The van der Waals surface area contributed by atoms with Crippen molar-refractivity contribution in [3.8, 4) is 11.3 Å². The highest BCUT2D eigenvalue weighted by Gasteiger charge is 2.35. The predicted octanol–water partition coefficient (Wildman–Crippen LogP) is 4.59. The normalized spacial score (nSPS) is 19.2. The maximum Gasteiger partial charge on any atom is 0.417 e. The first-order valence-corrected chi connectivity index (χ1v) is 18.6. The Kier molecular flexibility index (Phi) is 11.0. The summed E-state index contributed by atoms with van der Waals surface area (Å²) in [7, 11) is -3.46. The summed E-state index contributed by atoms with van der Waals surface area (Å²) < 4.78 is 70.4. The molecule has 2 fully saturated rings. The molecule has 0 spiro atoms. The molecule has 2 aromatic rings. The number of aryl methyl sites for hydroxylation is 1. The van der Waals surface area contributed by atoms with E-state index in [-0.39, 0.29) is 17.5 Å². The fourth-order valence-corrected chi connectivity index (χ4v) is 8.29. The van der Waals surface area contributed by atoms with Gasteiger partial charge in [0.15, 0.2) is 0 Å². The lowest BCUT2D eigenvalue weighted by Gasteiger charge is -2.30. The minimum atomic E-state index is -4.53. The second-order valence-electron chi connectivity index (χ2n) is 12.2. The molecule has 250 valence electrons. The number of benzene rings is 1. The molecular weight excluding hydrogens is 629 g/mol. The van der Waals surface area contributed by atoms with Crippen LogP contribution in [0.5, 0.6) is 0 Å². The molecule has 5 rings (SSSR count). The van der Waals surface area contributed by atoms with E-state index in [0.29, 0.717) is 69.0 Å². The van der Waals surface area contributed by atoms with E-state index in [1.54, 1.807) is 6.07 Å². The van der Waals surface area contributed by atoms with E-state index < -0.39 is 27.9 Å². The Hall–Kier alpha value is -2.33. The first-order valence-electron chi connectivity index (χ1n) is 15.7. The van der Waals surface area contributed by atoms with Crippen LogP contribution in [0.4, 0.5) is 18.0 Å². The third-order valence-electron chi connectivity index (χ3n) is 8.98. The first kappa shape index (κ1) is 34.0. The Labute approximate surface area is 267 Å². The number of hydrogen-bond donors (Lipinski definition) is 2. The predicted molar refractivity (Wildman–Crippen MR) is 168 cm³/mol. The van der Waals surface area contributed by atoms with Crippen molar-refractivity contribution in [3.63, 3.8) is 0 Å². The number of rotatable bonds is 11. The average Bonchev–Trinajstić information content (AvgIpc) is 3.37. The number of fused-ring (bicyclic) bond motifs is 1. The molecule has 0 bridgehead atoms. The molecule has 4 heterocycles. The number of nitrogens with one attached hydrogen (secondary N) is 1. The fourth-order valence-electron chi connectivity index (χ4n) is 6.52. The maximum atomic E-state index is 14.1. The van der Waals surface area contributed by atoms with Crippen molar-refractivity contribution in [3.05, 3.63) is 35.0 Å². The van der Waals surface area contributed by atoms with Gasteiger partial charge in [-0.1, -0.05) is 12.5 Å². The van der Waals surface area contributed by atoms with Gasteiger partial charge in [0.2, 0.25) is 10.0 Å². The Morgan fingerprint density at radius 2 is 1.82 bits per heavy atom. The molecule has 0 radical (unpaired) electrons. The van der Waals surface area contributed by atoms with Crippen LogP contribution >= 0.6 is 11.8 Å². The molecule has 1 aromatic carbocycles. The van der Waals surface area contributed by atoms with E-state index in [0.717, 1.165) is 55.1 Å². The number of carboxylic acid groups (broad SMARTS) is 1. The summed E-state index contributed by atoms with van der Waals surface area (Å²) >= 11 is 1.12. The van der Waals surface area contributed by atoms with E-state index >= 15 is 0 Å². The molecule has 0 aliphatic carbocycles. The van der Waals surface area contributed by atoms with Crippen LogP contribution in [0.15, 0.2) is 23.1 Å². The van der Waals surface area contributed by atoms with Gasteiger partial charge < -0.3 is 20.2 Å². The van der Waals surface area contributed by atoms with Crippen molar-refractivity contribution in [2.24, 2.45) is 0 Å². The van der Waals surface area contributed by atoms with Crippen LogP contribution in [-0.4, -0.2) is 107 Å². The summed E-state index contributed by atoms with van der Waals surface area (Å²) in [4.78, 5) is 15.1. The van der Waals surface area contributed by atoms with Crippen molar-refractivity contribution in [1.29, 1.82) is 0 Å². The monoisotopic (exact) mass is 672 g/mol. The molecule has 1 aromatic heterocycles. The van der Waals surface area contributed by atoms with Crippen LogP contribution in [0.25, 0.3) is 11.3 Å². The van der Waals surface area contributed by atoms with Gasteiger partial charge in [-0.25, -0.2) is 13.2 Å². The second kappa shape index (κ2) is 14.6. The zero-order chi connectivity index (χ0) is 32.2. The second-order valence-corrected chi connectivity index (χ2v) is 15.3. The molecule has 1 amide bonds. The minimum absolute atomic E-state index is 0.103. The number of likely N-dealkylation sites (tertiary alicyclic amines) is 2. The van der Waals surface area contributed by atoms with Crippen molar-refractivity contribution < 1.29 is 31.5 Å². The van der Waals surface area contributed by atoms with Gasteiger partial charge in [0.1, 0.15) is 0 Å². The molecule has 2 saturated heterocycles. The Morgan fingerprint density at radius 3 is 2.49 bits per heavy atom. The van der Waals surface area contributed by atoms with Crippen LogP contribution in [-0.2, 0) is 35.7 Å². The summed E-state index contributed by atoms with van der Waals surface area (Å²) in [5.74, 6) is 0.399. The smallest absolute Gasteiger partial charge is 0.417 e. The highest BCUT2D eigenvalue weighted by atomic mass is 32.2. The van der Waals surface area contributed by atoms with Gasteiger partial charge in [-0.3, -0.25) is 4.68 Å². The molecule has 45 heavy (non-hydrogen) atoms. The third-order valence-corrected chi connectivity index (χ3v) is 11.3. The summed E-state index contributed by atoms with van der Waals surface area (Å²) in [5.41, 5.74) is 2.08. The van der Waals surface area contributed by atoms with Crippen LogP contribution < -0.4 is 5.32 Å². The van der Waals surface area contributed by atoms with Gasteiger partial charge in [0.25, 0.3) is 0 Å². The number of alkyl halides is 3. The molecule has 2 N–H and O–H groups in total. The molecule has 3 aliphatic rings. The third kappa shape index (κ3) is 8.73. The van der Waals surface area contributed by atoms with E-state index in [1.807, 2.05) is 4.68 Å². The zero-order valence-electron chi connectivity index (χ0n) is 25.7. The molecule has 15 heteroatoms. The molecular formula is C30H43F3N6O4S2. The van der Waals surface area contributed by atoms with E-state index in [9.17, 15) is 26.4 Å². The van der Waals surface area contributed by atoms with Crippen LogP contribution in [0.1, 0.15) is 55.3 Å². The lowest BCUT2D eigenvalue weighted by Crippen LogP contribution is -2.44. The Morgan fingerprint density at radius 1 is 1.09 bits per heavy atom. The number of nitrogens with zero attached hydrogens (tertiary/aromatic N) is 5. The highest BCUT2D eigenvalue weighted by Crippen LogP contribution is 2.40. The van der Waals surface area contributed by atoms with E-state index in [1.165, 1.54) is 40.8 Å². The Balaban J connectivity index is 1.33. The maximum absolute atomic E-state index is 14.1. The highest BCUT2D eigenvalue weighted by molar-refractivity contribution is 7.99. The van der Waals surface area contributed by atoms with Crippen molar-refractivity contribution >= 4 is 27.9 Å². The standard InChI is InChI=1S/C30H43F3N6O4S2/c1-45(42,43)38-18-10-26-24(21-38)28(35-39(26)15-5-14-36-12-3-2-4-13-36)22-6-7-25(30(31,32)33)27(20-22)44-19-11-34-23-8-16-37(17-9-23)29(40)41/h6-7,20,23,34H,2-5,8-19,21H2,1H3,(H,40,41). The van der Waals surface area contributed by atoms with Gasteiger partial charge in [0, 0.05) is 79.2 Å². The topological polar surface area (TPSA) is 111 Å². The number of piperidine rings is 2. The fraction of sp³-hybridized carbons (Fsp3) is 0.667. The summed E-state index contributed by atoms with van der Waals surface area (Å²) in [6.45, 7) is 5.65. The number of hydrogen-bond acceptors (Lipinski definition) is 7. The number of aromatic nitrogens is 2. The number of carbonyl (C=O) groups is 1. The van der Waals surface area contributed by atoms with Gasteiger partial charge in [-0.05, 0) is 63.9 Å². The number of thioether (sulfide) groups is 1.